The number of rotatable bonds is 5. The molecule has 0 atom stereocenters. The number of thiazole rings is 1. The summed E-state index contributed by atoms with van der Waals surface area (Å²) in [6.45, 7) is 12.0. The van der Waals surface area contributed by atoms with Crippen molar-refractivity contribution in [3.63, 3.8) is 0 Å². The van der Waals surface area contributed by atoms with Crippen molar-refractivity contribution >= 4 is 33.4 Å². The molecule has 0 aliphatic rings. The zero-order chi connectivity index (χ0) is 21.6. The van der Waals surface area contributed by atoms with Gasteiger partial charge in [0.1, 0.15) is 11.5 Å². The first-order valence-electron chi connectivity index (χ1n) is 9.97. The molecule has 4 aromatic heterocycles. The topological polar surface area (TPSA) is 85.8 Å². The molecule has 30 heavy (non-hydrogen) atoms. The molecule has 7 nitrogen and oxygen atoms in total. The van der Waals surface area contributed by atoms with Crippen LogP contribution in [-0.2, 0) is 0 Å². The molecular formula is C22H25N5O2S. The number of aromatic nitrogens is 4. The molecule has 0 aromatic carbocycles. The Balaban J connectivity index is 1.69. The zero-order valence-electron chi connectivity index (χ0n) is 18.0. The van der Waals surface area contributed by atoms with Crippen molar-refractivity contribution in [2.45, 2.75) is 53.5 Å². The number of fused-ring (bicyclic) bond motifs is 1. The second-order valence-corrected chi connectivity index (χ2v) is 8.85. The predicted octanol–water partition coefficient (Wildman–Crippen LogP) is 5.72. The average Bonchev–Trinajstić information content (AvgIpc) is 3.38. The van der Waals surface area contributed by atoms with Crippen LogP contribution in [0.25, 0.3) is 22.3 Å². The fourth-order valence-electron chi connectivity index (χ4n) is 3.40. The summed E-state index contributed by atoms with van der Waals surface area (Å²) in [5, 5.41) is 10.6. The highest BCUT2D eigenvalue weighted by molar-refractivity contribution is 7.14. The van der Waals surface area contributed by atoms with E-state index in [-0.39, 0.29) is 17.9 Å². The minimum absolute atomic E-state index is 0.150. The highest BCUT2D eigenvalue weighted by Crippen LogP contribution is 2.30. The van der Waals surface area contributed by atoms with Gasteiger partial charge in [0.25, 0.3) is 5.91 Å². The van der Waals surface area contributed by atoms with Crippen LogP contribution in [0, 0.1) is 13.8 Å². The number of hydrogen-bond acceptors (Lipinski definition) is 6. The molecule has 0 fully saturated rings. The van der Waals surface area contributed by atoms with Crippen molar-refractivity contribution in [1.82, 2.24) is 19.7 Å². The molecule has 1 N–H and O–H groups in total. The largest absolute Gasteiger partial charge is 0.466 e. The summed E-state index contributed by atoms with van der Waals surface area (Å²) < 4.78 is 7.45. The fourth-order valence-corrected chi connectivity index (χ4v) is 4.11. The number of pyridine rings is 1. The summed E-state index contributed by atoms with van der Waals surface area (Å²) in [7, 11) is 0. The molecule has 0 saturated carbocycles. The van der Waals surface area contributed by atoms with E-state index in [0.29, 0.717) is 10.7 Å². The van der Waals surface area contributed by atoms with Gasteiger partial charge in [-0.2, -0.15) is 5.10 Å². The van der Waals surface area contributed by atoms with E-state index in [1.54, 1.807) is 6.20 Å². The Morgan fingerprint density at radius 1 is 1.17 bits per heavy atom. The molecule has 0 unspecified atom stereocenters. The van der Waals surface area contributed by atoms with Crippen molar-refractivity contribution < 1.29 is 9.21 Å². The number of nitrogens with one attached hydrogen (secondary N) is 1. The Labute approximate surface area is 179 Å². The third kappa shape index (κ3) is 3.63. The molecule has 0 radical (unpaired) electrons. The number of aryl methyl sites for hydroxylation is 2. The number of anilines is 1. The van der Waals surface area contributed by atoms with Crippen molar-refractivity contribution in [3.8, 4) is 11.3 Å². The quantitative estimate of drug-likeness (QED) is 0.443. The summed E-state index contributed by atoms with van der Waals surface area (Å²) in [5.41, 5.74) is 3.88. The molecule has 4 rings (SSSR count). The summed E-state index contributed by atoms with van der Waals surface area (Å²) >= 11 is 1.39. The van der Waals surface area contributed by atoms with Crippen LogP contribution in [0.15, 0.2) is 28.1 Å². The molecule has 4 heterocycles. The lowest BCUT2D eigenvalue weighted by molar-refractivity contribution is 0.102. The average molecular weight is 424 g/mol. The number of carbonyl (C=O) groups excluding carboxylic acids is 1. The first-order chi connectivity index (χ1) is 14.2. The monoisotopic (exact) mass is 423 g/mol. The molecule has 8 heteroatoms. The van der Waals surface area contributed by atoms with Gasteiger partial charge in [0.05, 0.1) is 22.8 Å². The third-order valence-corrected chi connectivity index (χ3v) is 5.71. The van der Waals surface area contributed by atoms with Crippen LogP contribution >= 0.6 is 11.3 Å². The van der Waals surface area contributed by atoms with Gasteiger partial charge in [0.2, 0.25) is 0 Å². The van der Waals surface area contributed by atoms with Gasteiger partial charge < -0.3 is 4.42 Å². The second-order valence-electron chi connectivity index (χ2n) is 7.99. The van der Waals surface area contributed by atoms with Crippen molar-refractivity contribution in [3.05, 3.63) is 46.5 Å². The number of nitrogens with zero attached hydrogens (tertiary/aromatic N) is 4. The van der Waals surface area contributed by atoms with Crippen LogP contribution in [0.2, 0.25) is 0 Å². The Bertz CT molecular complexity index is 1230. The van der Waals surface area contributed by atoms with E-state index in [1.165, 1.54) is 11.3 Å². The molecule has 4 aromatic rings. The summed E-state index contributed by atoms with van der Waals surface area (Å²) in [4.78, 5) is 22.5. The van der Waals surface area contributed by atoms with Crippen LogP contribution in [0.4, 0.5) is 5.13 Å². The molecule has 0 saturated heterocycles. The van der Waals surface area contributed by atoms with E-state index in [1.807, 2.05) is 49.9 Å². The molecule has 156 valence electrons. The van der Waals surface area contributed by atoms with E-state index in [9.17, 15) is 4.79 Å². The molecule has 0 spiro atoms. The Morgan fingerprint density at radius 2 is 1.93 bits per heavy atom. The zero-order valence-corrected chi connectivity index (χ0v) is 18.8. The maximum Gasteiger partial charge on any atom is 0.258 e. The summed E-state index contributed by atoms with van der Waals surface area (Å²) in [5.74, 6) is 1.63. The standard InChI is InChI=1S/C22H25N5O2S/c1-11(2)18-8-16(17-9-23-27(12(3)4)20(17)24-18)21(28)26-22-25-19(10-30-22)15-7-13(5)29-14(15)6/h7-12H,1-6H3,(H,25,26,28). The lowest BCUT2D eigenvalue weighted by atomic mass is 10.0. The number of amides is 1. The highest BCUT2D eigenvalue weighted by Gasteiger charge is 2.20. The van der Waals surface area contributed by atoms with Gasteiger partial charge in [-0.3, -0.25) is 10.1 Å². The Hall–Kier alpha value is -3.00. The lowest BCUT2D eigenvalue weighted by Crippen LogP contribution is -2.14. The van der Waals surface area contributed by atoms with Crippen LogP contribution in [0.5, 0.6) is 0 Å². The number of carbonyl (C=O) groups is 1. The van der Waals surface area contributed by atoms with Gasteiger partial charge in [0, 0.05) is 22.7 Å². The fraction of sp³-hybridized carbons (Fsp3) is 0.364. The first-order valence-corrected chi connectivity index (χ1v) is 10.8. The van der Waals surface area contributed by atoms with E-state index < -0.39 is 0 Å². The van der Waals surface area contributed by atoms with Gasteiger partial charge >= 0.3 is 0 Å². The maximum atomic E-state index is 13.2. The number of furan rings is 1. The van der Waals surface area contributed by atoms with Gasteiger partial charge in [-0.05, 0) is 45.7 Å². The van der Waals surface area contributed by atoms with E-state index in [2.05, 4.69) is 29.2 Å². The van der Waals surface area contributed by atoms with Gasteiger partial charge in [-0.25, -0.2) is 14.6 Å². The van der Waals surface area contributed by atoms with Crippen molar-refractivity contribution in [1.29, 1.82) is 0 Å². The van der Waals surface area contributed by atoms with E-state index in [4.69, 9.17) is 9.40 Å². The predicted molar refractivity (Wildman–Crippen MR) is 119 cm³/mol. The van der Waals surface area contributed by atoms with Crippen LogP contribution in [-0.4, -0.2) is 25.7 Å². The second kappa shape index (κ2) is 7.68. The summed E-state index contributed by atoms with van der Waals surface area (Å²) in [6, 6.07) is 3.96. The minimum atomic E-state index is -0.214. The molecule has 0 aliphatic carbocycles. The summed E-state index contributed by atoms with van der Waals surface area (Å²) in [6.07, 6.45) is 1.71. The first kappa shape index (κ1) is 20.3. The molecule has 0 bridgehead atoms. The van der Waals surface area contributed by atoms with Gasteiger partial charge in [0.15, 0.2) is 10.8 Å². The number of hydrogen-bond donors (Lipinski definition) is 1. The van der Waals surface area contributed by atoms with Gasteiger partial charge in [-0.15, -0.1) is 11.3 Å². The third-order valence-electron chi connectivity index (χ3n) is 4.95. The SMILES string of the molecule is Cc1cc(-c2csc(NC(=O)c3cc(C(C)C)nc4c3cnn4C(C)C)n2)c(C)o1. The normalized spacial score (nSPS) is 11.7. The van der Waals surface area contributed by atoms with Crippen LogP contribution in [0.1, 0.15) is 67.2 Å². The molecular weight excluding hydrogens is 398 g/mol. The van der Waals surface area contributed by atoms with Gasteiger partial charge in [-0.1, -0.05) is 13.8 Å². The highest BCUT2D eigenvalue weighted by atomic mass is 32.1. The van der Waals surface area contributed by atoms with E-state index >= 15 is 0 Å². The minimum Gasteiger partial charge on any atom is -0.466 e. The molecule has 1 amide bonds. The maximum absolute atomic E-state index is 13.2. The van der Waals surface area contributed by atoms with Crippen molar-refractivity contribution in [2.75, 3.05) is 5.32 Å². The molecule has 0 aliphatic heterocycles. The Morgan fingerprint density at radius 3 is 2.57 bits per heavy atom. The Kier molecular flexibility index (Phi) is 5.19. The van der Waals surface area contributed by atoms with Crippen LogP contribution in [0.3, 0.4) is 0 Å². The van der Waals surface area contributed by atoms with Crippen molar-refractivity contribution in [2.24, 2.45) is 0 Å². The van der Waals surface area contributed by atoms with Crippen LogP contribution < -0.4 is 5.32 Å². The van der Waals surface area contributed by atoms with E-state index in [0.717, 1.165) is 39.5 Å². The smallest absolute Gasteiger partial charge is 0.258 e. The lowest BCUT2D eigenvalue weighted by Gasteiger charge is -2.11.